The number of hydrazine groups is 2. The third-order valence-electron chi connectivity index (χ3n) is 5.95. The van der Waals surface area contributed by atoms with Gasteiger partial charge in [-0.1, -0.05) is 38.1 Å². The Morgan fingerprint density at radius 1 is 1.03 bits per heavy atom. The van der Waals surface area contributed by atoms with Gasteiger partial charge < -0.3 is 24.8 Å². The van der Waals surface area contributed by atoms with E-state index < -0.39 is 12.2 Å². The molecule has 0 unspecified atom stereocenters. The van der Waals surface area contributed by atoms with E-state index in [1.54, 1.807) is 5.01 Å². The Morgan fingerprint density at radius 2 is 1.69 bits per heavy atom. The predicted octanol–water partition coefficient (Wildman–Crippen LogP) is 2.96. The average Bonchev–Trinajstić information content (AvgIpc) is 3.20. The summed E-state index contributed by atoms with van der Waals surface area (Å²) in [5, 5.41) is 31.1. The summed E-state index contributed by atoms with van der Waals surface area (Å²) in [6.07, 6.45) is -1.44. The minimum atomic E-state index is -0.751. The number of halogens is 2. The van der Waals surface area contributed by atoms with E-state index in [2.05, 4.69) is 53.5 Å². The second-order valence-corrected chi connectivity index (χ2v) is 10.4. The van der Waals surface area contributed by atoms with Crippen LogP contribution in [0.4, 0.5) is 0 Å². The summed E-state index contributed by atoms with van der Waals surface area (Å²) in [7, 11) is 0. The van der Waals surface area contributed by atoms with E-state index >= 15 is 0 Å². The number of alkyl halides is 1. The first-order chi connectivity index (χ1) is 16.6. The smallest absolute Gasteiger partial charge is 0.122 e. The molecular weight excluding hydrogens is 585 g/mol. The van der Waals surface area contributed by atoms with Crippen LogP contribution in [-0.4, -0.2) is 64.8 Å². The monoisotopic (exact) mass is 617 g/mol. The Morgan fingerprint density at radius 3 is 2.31 bits per heavy atom. The lowest BCUT2D eigenvalue weighted by molar-refractivity contribution is 0.0600. The van der Waals surface area contributed by atoms with Gasteiger partial charge in [-0.2, -0.15) is 0 Å². The van der Waals surface area contributed by atoms with Crippen molar-refractivity contribution in [2.24, 2.45) is 0 Å². The first kappa shape index (κ1) is 27.8. The Labute approximate surface area is 225 Å². The maximum Gasteiger partial charge on any atom is 0.122 e. The SMILES string of the molecule is Cc1cc(C(C)(C)c2ccc(OC[C@H](O)CN3NNC(I)=C3CO)cc2)ccc1OC[C@H](O)CCl. The van der Waals surface area contributed by atoms with E-state index in [0.29, 0.717) is 11.4 Å². The number of rotatable bonds is 12. The fourth-order valence-electron chi connectivity index (χ4n) is 3.71. The van der Waals surface area contributed by atoms with Crippen LogP contribution in [-0.2, 0) is 5.41 Å². The van der Waals surface area contributed by atoms with E-state index in [0.717, 1.165) is 26.1 Å². The molecule has 3 rings (SSSR count). The number of aryl methyl sites for hydroxylation is 1. The molecular formula is C25H33ClIN3O5. The van der Waals surface area contributed by atoms with Gasteiger partial charge in [0.25, 0.3) is 0 Å². The number of hydrogen-bond donors (Lipinski definition) is 5. The van der Waals surface area contributed by atoms with Crippen molar-refractivity contribution < 1.29 is 24.8 Å². The molecule has 0 fully saturated rings. The van der Waals surface area contributed by atoms with E-state index in [-0.39, 0.29) is 37.7 Å². The minimum absolute atomic E-state index is 0.120. The number of nitrogens with zero attached hydrogens (tertiary/aromatic N) is 1. The highest BCUT2D eigenvalue weighted by atomic mass is 127. The molecule has 192 valence electrons. The highest BCUT2D eigenvalue weighted by molar-refractivity contribution is 14.1. The van der Waals surface area contributed by atoms with Crippen molar-refractivity contribution in [2.45, 2.75) is 38.4 Å². The molecule has 8 nitrogen and oxygen atoms in total. The number of β-amino-alcohol motifs (C(OH)–C–C–N with tert-alkyl or cyclic N) is 1. The first-order valence-corrected chi connectivity index (χ1v) is 12.9. The fraction of sp³-hybridized carbons (Fsp3) is 0.440. The third-order valence-corrected chi connectivity index (χ3v) is 7.20. The molecule has 0 saturated carbocycles. The highest BCUT2D eigenvalue weighted by Crippen LogP contribution is 2.34. The number of nitrogens with one attached hydrogen (secondary N) is 2. The maximum absolute atomic E-state index is 10.4. The zero-order valence-electron chi connectivity index (χ0n) is 20.1. The summed E-state index contributed by atoms with van der Waals surface area (Å²) in [5.41, 5.74) is 9.48. The standard InChI is InChI=1S/C25H33ClIN3O5/c1-16-10-18(6-9-23(16)35-14-19(32)11-26)25(2,3)17-4-7-21(8-5-17)34-15-20(33)12-30-22(13-31)24(27)28-29-30/h4-10,19-20,28-29,31-33H,11-15H2,1-3H3/t19-,20-/m1/s1. The van der Waals surface area contributed by atoms with Crippen molar-refractivity contribution in [1.29, 1.82) is 0 Å². The van der Waals surface area contributed by atoms with Gasteiger partial charge in [0.1, 0.15) is 40.6 Å². The van der Waals surface area contributed by atoms with Crippen LogP contribution in [0.2, 0.25) is 0 Å². The molecule has 1 heterocycles. The number of hydrogen-bond acceptors (Lipinski definition) is 8. The lowest BCUT2D eigenvalue weighted by Gasteiger charge is -2.27. The Kier molecular flexibility index (Phi) is 9.91. The molecule has 2 aromatic rings. The van der Waals surface area contributed by atoms with Crippen LogP contribution < -0.4 is 20.4 Å². The van der Waals surface area contributed by atoms with Crippen LogP contribution in [0.25, 0.3) is 0 Å². The lowest BCUT2D eigenvalue weighted by atomic mass is 9.77. The van der Waals surface area contributed by atoms with E-state index in [9.17, 15) is 15.3 Å². The largest absolute Gasteiger partial charge is 0.491 e. The normalized spacial score (nSPS) is 15.7. The number of ether oxygens (including phenoxy) is 2. The molecule has 2 atom stereocenters. The molecule has 35 heavy (non-hydrogen) atoms. The van der Waals surface area contributed by atoms with Gasteiger partial charge in [0, 0.05) is 5.41 Å². The first-order valence-electron chi connectivity index (χ1n) is 11.3. The van der Waals surface area contributed by atoms with Crippen molar-refractivity contribution >= 4 is 34.2 Å². The summed E-state index contributed by atoms with van der Waals surface area (Å²) in [4.78, 5) is 0. The van der Waals surface area contributed by atoms with Crippen molar-refractivity contribution in [2.75, 3.05) is 32.2 Å². The van der Waals surface area contributed by atoms with E-state index in [1.165, 1.54) is 0 Å². The van der Waals surface area contributed by atoms with Crippen molar-refractivity contribution in [1.82, 2.24) is 16.0 Å². The Balaban J connectivity index is 1.59. The van der Waals surface area contributed by atoms with Gasteiger partial charge in [0.2, 0.25) is 0 Å². The lowest BCUT2D eigenvalue weighted by Crippen LogP contribution is -2.44. The molecule has 0 aromatic heterocycles. The molecule has 0 bridgehead atoms. The second-order valence-electron chi connectivity index (χ2n) is 8.98. The molecule has 0 spiro atoms. The van der Waals surface area contributed by atoms with Crippen LogP contribution in [0.5, 0.6) is 11.5 Å². The molecule has 0 saturated heterocycles. The van der Waals surface area contributed by atoms with Crippen LogP contribution in [0.15, 0.2) is 51.9 Å². The molecule has 0 amide bonds. The van der Waals surface area contributed by atoms with Gasteiger partial charge in [0.05, 0.1) is 24.7 Å². The van der Waals surface area contributed by atoms with Gasteiger partial charge >= 0.3 is 0 Å². The van der Waals surface area contributed by atoms with Crippen LogP contribution in [0.3, 0.4) is 0 Å². The predicted molar refractivity (Wildman–Crippen MR) is 145 cm³/mol. The average molecular weight is 618 g/mol. The van der Waals surface area contributed by atoms with Crippen molar-refractivity contribution in [3.8, 4) is 11.5 Å². The van der Waals surface area contributed by atoms with Crippen molar-refractivity contribution in [3.05, 3.63) is 68.6 Å². The molecule has 5 N–H and O–H groups in total. The zero-order chi connectivity index (χ0) is 25.6. The Hall–Kier alpha value is -1.76. The molecule has 0 aliphatic carbocycles. The van der Waals surface area contributed by atoms with Crippen LogP contribution in [0, 0.1) is 6.92 Å². The molecule has 1 aliphatic rings. The highest BCUT2D eigenvalue weighted by Gasteiger charge is 2.25. The second kappa shape index (κ2) is 12.5. The number of aliphatic hydroxyl groups excluding tert-OH is 3. The summed E-state index contributed by atoms with van der Waals surface area (Å²) >= 11 is 7.72. The topological polar surface area (TPSA) is 106 Å². The summed E-state index contributed by atoms with van der Waals surface area (Å²) in [6.45, 7) is 6.72. The summed E-state index contributed by atoms with van der Waals surface area (Å²) < 4.78 is 12.3. The third kappa shape index (κ3) is 7.14. The molecule has 10 heteroatoms. The van der Waals surface area contributed by atoms with Gasteiger partial charge in [-0.15, -0.1) is 17.1 Å². The zero-order valence-corrected chi connectivity index (χ0v) is 23.0. The summed E-state index contributed by atoms with van der Waals surface area (Å²) in [5.74, 6) is 1.53. The molecule has 2 aromatic carbocycles. The van der Waals surface area contributed by atoms with Crippen molar-refractivity contribution in [3.63, 3.8) is 0 Å². The molecule has 1 aliphatic heterocycles. The minimum Gasteiger partial charge on any atom is -0.491 e. The van der Waals surface area contributed by atoms with Crippen LogP contribution in [0.1, 0.15) is 30.5 Å². The van der Waals surface area contributed by atoms with E-state index in [4.69, 9.17) is 21.1 Å². The fourth-order valence-corrected chi connectivity index (χ4v) is 4.38. The molecule has 0 radical (unpaired) electrons. The Bertz CT molecular complexity index is 1020. The number of benzene rings is 2. The van der Waals surface area contributed by atoms with Crippen LogP contribution >= 0.6 is 34.2 Å². The number of aliphatic hydroxyl groups is 3. The van der Waals surface area contributed by atoms with Gasteiger partial charge in [-0.3, -0.25) is 10.4 Å². The van der Waals surface area contributed by atoms with E-state index in [1.807, 2.05) is 43.3 Å². The summed E-state index contributed by atoms with van der Waals surface area (Å²) in [6, 6.07) is 13.9. The quantitative estimate of drug-likeness (QED) is 0.141. The van der Waals surface area contributed by atoms with Gasteiger partial charge in [0.15, 0.2) is 0 Å². The van der Waals surface area contributed by atoms with Gasteiger partial charge in [-0.25, -0.2) is 0 Å². The van der Waals surface area contributed by atoms with Gasteiger partial charge in [-0.05, 0) is 64.4 Å². The maximum atomic E-state index is 10.4.